The minimum absolute atomic E-state index is 0.0541. The number of aromatic nitrogens is 1. The van der Waals surface area contributed by atoms with E-state index in [1.54, 1.807) is 29.5 Å². The molecule has 0 aromatic carbocycles. The van der Waals surface area contributed by atoms with E-state index in [9.17, 15) is 0 Å². The van der Waals surface area contributed by atoms with E-state index in [0.29, 0.717) is 18.2 Å². The quantitative estimate of drug-likeness (QED) is 0.626. The summed E-state index contributed by atoms with van der Waals surface area (Å²) in [7, 11) is 0. The Balaban J connectivity index is 2.04. The highest BCUT2D eigenvalue weighted by Gasteiger charge is 2.01. The van der Waals surface area contributed by atoms with Crippen LogP contribution in [0.25, 0.3) is 0 Å². The number of hydrogen-bond donors (Lipinski definition) is 2. The number of pyridine rings is 1. The third-order valence-electron chi connectivity index (χ3n) is 1.94. The second kappa shape index (κ2) is 4.76. The lowest BCUT2D eigenvalue weighted by Gasteiger charge is -2.04. The lowest BCUT2D eigenvalue weighted by atomic mass is 10.3. The Morgan fingerprint density at radius 2 is 2.25 bits per heavy atom. The lowest BCUT2D eigenvalue weighted by molar-refractivity contribution is 0.297. The molecule has 0 aliphatic rings. The van der Waals surface area contributed by atoms with Crippen molar-refractivity contribution in [3.63, 3.8) is 0 Å². The number of nitrogen functional groups attached to an aromatic ring is 1. The van der Waals surface area contributed by atoms with E-state index in [0.717, 1.165) is 4.88 Å². The third-order valence-corrected chi connectivity index (χ3v) is 2.79. The van der Waals surface area contributed by atoms with E-state index in [2.05, 4.69) is 4.98 Å². The summed E-state index contributed by atoms with van der Waals surface area (Å²) in [5, 5.41) is 9.26. The van der Waals surface area contributed by atoms with E-state index < -0.39 is 0 Å². The van der Waals surface area contributed by atoms with Crippen molar-refractivity contribution in [2.45, 2.75) is 6.61 Å². The van der Waals surface area contributed by atoms with Crippen LogP contribution in [0.1, 0.15) is 10.6 Å². The third kappa shape index (κ3) is 2.58. The summed E-state index contributed by atoms with van der Waals surface area (Å²) in [6, 6.07) is 9.18. The zero-order valence-corrected chi connectivity index (χ0v) is 9.33. The Kier molecular flexibility index (Phi) is 3.16. The average Bonchev–Trinajstić information content (AvgIpc) is 2.79. The second-order valence-corrected chi connectivity index (χ2v) is 4.18. The van der Waals surface area contributed by atoms with E-state index in [1.165, 1.54) is 0 Å². The molecule has 2 aromatic heterocycles. The highest BCUT2D eigenvalue weighted by atomic mass is 32.1. The van der Waals surface area contributed by atoms with Crippen molar-refractivity contribution < 1.29 is 4.74 Å². The van der Waals surface area contributed by atoms with Crippen LogP contribution >= 0.6 is 11.3 Å². The van der Waals surface area contributed by atoms with Gasteiger partial charge in [0.1, 0.15) is 18.1 Å². The van der Waals surface area contributed by atoms with Gasteiger partial charge in [0.25, 0.3) is 0 Å². The first-order valence-electron chi connectivity index (χ1n) is 4.72. The summed E-state index contributed by atoms with van der Waals surface area (Å²) in [5.74, 6) is 0.433. The van der Waals surface area contributed by atoms with Gasteiger partial charge in [0.2, 0.25) is 5.88 Å². The molecule has 0 atom stereocenters. The lowest BCUT2D eigenvalue weighted by Crippen LogP contribution is -2.13. The highest BCUT2D eigenvalue weighted by molar-refractivity contribution is 7.09. The Morgan fingerprint density at radius 3 is 2.94 bits per heavy atom. The summed E-state index contributed by atoms with van der Waals surface area (Å²) in [6.07, 6.45) is 0. The number of thiophene rings is 1. The zero-order chi connectivity index (χ0) is 11.4. The first-order chi connectivity index (χ1) is 7.75. The predicted octanol–water partition coefficient (Wildman–Crippen LogP) is 2.01. The van der Waals surface area contributed by atoms with Gasteiger partial charge in [0.05, 0.1) is 0 Å². The Labute approximate surface area is 97.2 Å². The molecule has 0 saturated heterocycles. The first-order valence-corrected chi connectivity index (χ1v) is 5.60. The van der Waals surface area contributed by atoms with Gasteiger partial charge in [-0.05, 0) is 17.5 Å². The molecule has 0 fully saturated rings. The van der Waals surface area contributed by atoms with Crippen molar-refractivity contribution in [3.8, 4) is 5.88 Å². The van der Waals surface area contributed by atoms with Crippen LogP contribution in [0, 0.1) is 5.41 Å². The molecule has 0 radical (unpaired) electrons. The van der Waals surface area contributed by atoms with Crippen LogP contribution < -0.4 is 10.5 Å². The van der Waals surface area contributed by atoms with Crippen LogP contribution in [0.3, 0.4) is 0 Å². The van der Waals surface area contributed by atoms with Gasteiger partial charge in [-0.1, -0.05) is 12.1 Å². The summed E-state index contributed by atoms with van der Waals surface area (Å²) in [4.78, 5) is 5.24. The highest BCUT2D eigenvalue weighted by Crippen LogP contribution is 2.13. The molecule has 2 rings (SSSR count). The Hall–Kier alpha value is -1.88. The number of nitrogens with zero attached hydrogens (tertiary/aromatic N) is 1. The summed E-state index contributed by atoms with van der Waals surface area (Å²) in [5.41, 5.74) is 5.77. The fourth-order valence-electron chi connectivity index (χ4n) is 1.18. The molecule has 0 bridgehead atoms. The van der Waals surface area contributed by atoms with Gasteiger partial charge >= 0.3 is 0 Å². The zero-order valence-electron chi connectivity index (χ0n) is 8.51. The van der Waals surface area contributed by atoms with Crippen molar-refractivity contribution in [1.82, 2.24) is 4.98 Å². The summed E-state index contributed by atoms with van der Waals surface area (Å²) < 4.78 is 5.49. The minimum atomic E-state index is -0.0541. The van der Waals surface area contributed by atoms with Crippen molar-refractivity contribution >= 4 is 17.2 Å². The molecular weight excluding hydrogens is 222 g/mol. The fraction of sp³-hybridized carbons (Fsp3) is 0.0909. The largest absolute Gasteiger partial charge is 0.472 e. The van der Waals surface area contributed by atoms with Gasteiger partial charge in [-0.2, -0.15) is 0 Å². The number of ether oxygens (including phenoxy) is 1. The molecule has 82 valence electrons. The molecule has 0 amide bonds. The number of hydrogen-bond acceptors (Lipinski definition) is 4. The van der Waals surface area contributed by atoms with Crippen LogP contribution in [0.5, 0.6) is 5.88 Å². The molecule has 4 nitrogen and oxygen atoms in total. The fourth-order valence-corrected chi connectivity index (χ4v) is 1.80. The summed E-state index contributed by atoms with van der Waals surface area (Å²) >= 11 is 1.63. The maximum absolute atomic E-state index is 7.27. The van der Waals surface area contributed by atoms with E-state index in [1.807, 2.05) is 17.5 Å². The molecule has 2 heterocycles. The first kappa shape index (κ1) is 10.6. The van der Waals surface area contributed by atoms with Crippen LogP contribution in [0.2, 0.25) is 0 Å². The van der Waals surface area contributed by atoms with Crippen molar-refractivity contribution in [2.75, 3.05) is 0 Å². The van der Waals surface area contributed by atoms with Crippen LogP contribution in [0.4, 0.5) is 0 Å². The Bertz CT molecular complexity index is 482. The number of amidine groups is 1. The van der Waals surface area contributed by atoms with E-state index >= 15 is 0 Å². The SMILES string of the molecule is N=C(N)c1cccc(OCc2cccs2)n1. The summed E-state index contributed by atoms with van der Waals surface area (Å²) in [6.45, 7) is 0.492. The molecule has 2 aromatic rings. The van der Waals surface area contributed by atoms with Crippen LogP contribution in [-0.4, -0.2) is 10.8 Å². The molecule has 0 aliphatic heterocycles. The molecule has 16 heavy (non-hydrogen) atoms. The molecular formula is C11H11N3OS. The molecule has 5 heteroatoms. The van der Waals surface area contributed by atoms with Crippen LogP contribution in [0.15, 0.2) is 35.7 Å². The standard InChI is InChI=1S/C11H11N3OS/c12-11(13)9-4-1-5-10(14-9)15-7-8-3-2-6-16-8/h1-6H,7H2,(H3,12,13). The molecule has 0 unspecified atom stereocenters. The van der Waals surface area contributed by atoms with Gasteiger partial charge in [-0.15, -0.1) is 11.3 Å². The van der Waals surface area contributed by atoms with Gasteiger partial charge in [-0.3, -0.25) is 5.41 Å². The predicted molar refractivity (Wildman–Crippen MR) is 63.9 cm³/mol. The smallest absolute Gasteiger partial charge is 0.214 e. The van der Waals surface area contributed by atoms with Gasteiger partial charge in [0, 0.05) is 10.9 Å². The second-order valence-electron chi connectivity index (χ2n) is 3.14. The van der Waals surface area contributed by atoms with Gasteiger partial charge in [-0.25, -0.2) is 4.98 Å². The molecule has 0 spiro atoms. The topological polar surface area (TPSA) is 72.0 Å². The molecule has 3 N–H and O–H groups in total. The maximum atomic E-state index is 7.27. The Morgan fingerprint density at radius 1 is 1.38 bits per heavy atom. The normalized spacial score (nSPS) is 10.0. The van der Waals surface area contributed by atoms with Crippen molar-refractivity contribution in [3.05, 3.63) is 46.3 Å². The number of rotatable bonds is 4. The number of nitrogens with one attached hydrogen (secondary N) is 1. The van der Waals surface area contributed by atoms with Crippen LogP contribution in [-0.2, 0) is 6.61 Å². The maximum Gasteiger partial charge on any atom is 0.214 e. The van der Waals surface area contributed by atoms with Crippen molar-refractivity contribution in [2.24, 2.45) is 5.73 Å². The van der Waals surface area contributed by atoms with Crippen molar-refractivity contribution in [1.29, 1.82) is 5.41 Å². The molecule has 0 saturated carbocycles. The van der Waals surface area contributed by atoms with Gasteiger partial charge in [0.15, 0.2) is 0 Å². The minimum Gasteiger partial charge on any atom is -0.472 e. The van der Waals surface area contributed by atoms with Gasteiger partial charge < -0.3 is 10.5 Å². The molecule has 0 aliphatic carbocycles. The van der Waals surface area contributed by atoms with E-state index in [4.69, 9.17) is 15.9 Å². The van der Waals surface area contributed by atoms with E-state index in [-0.39, 0.29) is 5.84 Å². The average molecular weight is 233 g/mol. The monoisotopic (exact) mass is 233 g/mol. The number of nitrogens with two attached hydrogens (primary N) is 1.